The summed E-state index contributed by atoms with van der Waals surface area (Å²) in [5.74, 6) is 0. The summed E-state index contributed by atoms with van der Waals surface area (Å²) in [6, 6.07) is 0.337. The Bertz CT molecular complexity index is 241. The second-order valence-corrected chi connectivity index (χ2v) is 5.70. The second-order valence-electron chi connectivity index (χ2n) is 5.70. The molecule has 1 saturated carbocycles. The lowest BCUT2D eigenvalue weighted by Gasteiger charge is -2.43. The number of hydrogen-bond acceptors (Lipinski definition) is 4. The molecule has 1 aliphatic carbocycles. The van der Waals surface area contributed by atoms with E-state index in [0.29, 0.717) is 12.6 Å². The van der Waals surface area contributed by atoms with Crippen LogP contribution in [0.15, 0.2) is 0 Å². The van der Waals surface area contributed by atoms with Crippen molar-refractivity contribution in [2.75, 3.05) is 26.3 Å². The Morgan fingerprint density at radius 2 is 2.00 bits per heavy atom. The zero-order valence-electron chi connectivity index (χ0n) is 10.8. The average molecular weight is 243 g/mol. The van der Waals surface area contributed by atoms with Gasteiger partial charge in [-0.25, -0.2) is 0 Å². The molecule has 17 heavy (non-hydrogen) atoms. The summed E-state index contributed by atoms with van der Waals surface area (Å²) in [6.07, 6.45) is 5.28. The Morgan fingerprint density at radius 1 is 1.29 bits per heavy atom. The second kappa shape index (κ2) is 5.65. The number of morpholine rings is 1. The third-order valence-electron chi connectivity index (χ3n) is 4.12. The maximum Gasteiger partial charge on any atom is 0.0933 e. The Kier molecular flexibility index (Phi) is 4.42. The molecule has 4 heteroatoms. The van der Waals surface area contributed by atoms with Crippen LogP contribution in [-0.2, 0) is 4.74 Å². The van der Waals surface area contributed by atoms with Crippen LogP contribution in [0.25, 0.3) is 0 Å². The fourth-order valence-corrected chi connectivity index (χ4v) is 2.95. The summed E-state index contributed by atoms with van der Waals surface area (Å²) in [5.41, 5.74) is -0.510. The minimum Gasteiger partial charge on any atom is -0.394 e. The number of nitrogens with zero attached hydrogens (tertiary/aromatic N) is 1. The van der Waals surface area contributed by atoms with E-state index in [1.54, 1.807) is 0 Å². The predicted molar refractivity (Wildman–Crippen MR) is 65.9 cm³/mol. The molecule has 2 rings (SSSR count). The van der Waals surface area contributed by atoms with Crippen LogP contribution in [0.5, 0.6) is 0 Å². The van der Waals surface area contributed by atoms with E-state index in [-0.39, 0.29) is 12.7 Å². The minimum absolute atomic E-state index is 0.0711. The smallest absolute Gasteiger partial charge is 0.0933 e. The van der Waals surface area contributed by atoms with E-state index in [9.17, 15) is 5.11 Å². The first kappa shape index (κ1) is 13.3. The third kappa shape index (κ3) is 3.41. The summed E-state index contributed by atoms with van der Waals surface area (Å²) < 4.78 is 5.52. The molecule has 0 amide bonds. The summed E-state index contributed by atoms with van der Waals surface area (Å²) in [7, 11) is 0. The van der Waals surface area contributed by atoms with Crippen LogP contribution in [0.4, 0.5) is 0 Å². The fourth-order valence-electron chi connectivity index (χ4n) is 2.95. The van der Waals surface area contributed by atoms with Gasteiger partial charge in [-0.05, 0) is 19.8 Å². The van der Waals surface area contributed by atoms with E-state index >= 15 is 0 Å². The summed E-state index contributed by atoms with van der Waals surface area (Å²) >= 11 is 0. The van der Waals surface area contributed by atoms with Crippen LogP contribution < -0.4 is 0 Å². The molecule has 1 heterocycles. The predicted octanol–water partition coefficient (Wildman–Crippen LogP) is 0.763. The summed E-state index contributed by atoms with van der Waals surface area (Å²) in [5, 5.41) is 19.7. The number of hydrogen-bond donors (Lipinski definition) is 2. The van der Waals surface area contributed by atoms with Gasteiger partial charge in [0, 0.05) is 19.1 Å². The minimum atomic E-state index is -0.510. The summed E-state index contributed by atoms with van der Waals surface area (Å²) in [4.78, 5) is 2.27. The van der Waals surface area contributed by atoms with Crippen LogP contribution in [0.2, 0.25) is 0 Å². The number of aliphatic hydroxyl groups is 2. The third-order valence-corrected chi connectivity index (χ3v) is 4.12. The molecular weight excluding hydrogens is 218 g/mol. The largest absolute Gasteiger partial charge is 0.394 e. The van der Waals surface area contributed by atoms with Crippen LogP contribution in [0.1, 0.15) is 39.0 Å². The lowest BCUT2D eigenvalue weighted by atomic mass is 9.84. The number of ether oxygens (including phenoxy) is 1. The van der Waals surface area contributed by atoms with E-state index in [0.717, 1.165) is 38.8 Å². The van der Waals surface area contributed by atoms with Gasteiger partial charge in [0.1, 0.15) is 0 Å². The molecule has 2 N–H and O–H groups in total. The maximum atomic E-state index is 10.6. The lowest BCUT2D eigenvalue weighted by Crippen LogP contribution is -2.55. The first-order chi connectivity index (χ1) is 8.13. The summed E-state index contributed by atoms with van der Waals surface area (Å²) in [6.45, 7) is 4.32. The molecular formula is C13H25NO3. The Morgan fingerprint density at radius 3 is 2.65 bits per heavy atom. The van der Waals surface area contributed by atoms with Crippen molar-refractivity contribution < 1.29 is 14.9 Å². The van der Waals surface area contributed by atoms with Crippen LogP contribution in [0.3, 0.4) is 0 Å². The molecule has 0 radical (unpaired) electrons. The SMILES string of the molecule is CC1COC(CO)CN1CC1(O)CCCCC1. The zero-order valence-corrected chi connectivity index (χ0v) is 10.8. The Hall–Kier alpha value is -0.160. The molecule has 2 unspecified atom stereocenters. The van der Waals surface area contributed by atoms with E-state index in [1.165, 1.54) is 6.42 Å². The van der Waals surface area contributed by atoms with Crippen LogP contribution in [-0.4, -0.2) is 59.2 Å². The maximum absolute atomic E-state index is 10.6. The van der Waals surface area contributed by atoms with Gasteiger partial charge < -0.3 is 14.9 Å². The van der Waals surface area contributed by atoms with Gasteiger partial charge in [0.2, 0.25) is 0 Å². The molecule has 0 spiro atoms. The Balaban J connectivity index is 1.91. The molecule has 2 fully saturated rings. The molecule has 0 aromatic rings. The van der Waals surface area contributed by atoms with Gasteiger partial charge in [0.05, 0.1) is 24.9 Å². The molecule has 1 aliphatic heterocycles. The highest BCUT2D eigenvalue weighted by atomic mass is 16.5. The van der Waals surface area contributed by atoms with Gasteiger partial charge in [0.15, 0.2) is 0 Å². The molecule has 100 valence electrons. The van der Waals surface area contributed by atoms with E-state index in [2.05, 4.69) is 11.8 Å². The molecule has 0 aromatic carbocycles. The van der Waals surface area contributed by atoms with Gasteiger partial charge in [-0.1, -0.05) is 19.3 Å². The molecule has 1 saturated heterocycles. The zero-order chi connectivity index (χ0) is 12.3. The van der Waals surface area contributed by atoms with Crippen molar-refractivity contribution in [3.63, 3.8) is 0 Å². The van der Waals surface area contributed by atoms with Crippen molar-refractivity contribution in [2.24, 2.45) is 0 Å². The van der Waals surface area contributed by atoms with Crippen molar-refractivity contribution in [2.45, 2.75) is 56.8 Å². The van der Waals surface area contributed by atoms with Gasteiger partial charge in [0.25, 0.3) is 0 Å². The number of β-amino-alcohol motifs (C(OH)–C–C–N with tert-alkyl or cyclic N) is 1. The molecule has 4 nitrogen and oxygen atoms in total. The first-order valence-corrected chi connectivity index (χ1v) is 6.82. The fraction of sp³-hybridized carbons (Fsp3) is 1.00. The van der Waals surface area contributed by atoms with Gasteiger partial charge >= 0.3 is 0 Å². The average Bonchev–Trinajstić information content (AvgIpc) is 2.33. The van der Waals surface area contributed by atoms with Gasteiger partial charge in [-0.15, -0.1) is 0 Å². The van der Waals surface area contributed by atoms with Crippen molar-refractivity contribution in [1.29, 1.82) is 0 Å². The molecule has 0 aromatic heterocycles. The highest BCUT2D eigenvalue weighted by molar-refractivity contribution is 4.89. The topological polar surface area (TPSA) is 52.9 Å². The van der Waals surface area contributed by atoms with E-state index < -0.39 is 5.60 Å². The van der Waals surface area contributed by atoms with Gasteiger partial charge in [-0.3, -0.25) is 4.90 Å². The van der Waals surface area contributed by atoms with E-state index in [1.807, 2.05) is 0 Å². The monoisotopic (exact) mass is 243 g/mol. The Labute approximate surface area is 104 Å². The molecule has 2 atom stereocenters. The molecule has 0 bridgehead atoms. The van der Waals surface area contributed by atoms with Crippen molar-refractivity contribution >= 4 is 0 Å². The van der Waals surface area contributed by atoms with Crippen molar-refractivity contribution in [3.8, 4) is 0 Å². The quantitative estimate of drug-likeness (QED) is 0.768. The van der Waals surface area contributed by atoms with Crippen LogP contribution >= 0.6 is 0 Å². The highest BCUT2D eigenvalue weighted by Gasteiger charge is 2.35. The van der Waals surface area contributed by atoms with Crippen LogP contribution in [0, 0.1) is 0 Å². The first-order valence-electron chi connectivity index (χ1n) is 6.82. The number of rotatable bonds is 3. The lowest BCUT2D eigenvalue weighted by molar-refractivity contribution is -0.108. The van der Waals surface area contributed by atoms with Gasteiger partial charge in [-0.2, -0.15) is 0 Å². The standard InChI is InChI=1S/C13H25NO3/c1-11-9-17-12(8-15)7-14(11)10-13(16)5-3-2-4-6-13/h11-12,15-16H,2-10H2,1H3. The number of aliphatic hydroxyl groups excluding tert-OH is 1. The normalized spacial score (nSPS) is 34.8. The van der Waals surface area contributed by atoms with E-state index in [4.69, 9.17) is 9.84 Å². The molecule has 2 aliphatic rings. The highest BCUT2D eigenvalue weighted by Crippen LogP contribution is 2.30. The van der Waals surface area contributed by atoms with Crippen molar-refractivity contribution in [1.82, 2.24) is 4.90 Å². The van der Waals surface area contributed by atoms with Crippen molar-refractivity contribution in [3.05, 3.63) is 0 Å².